The van der Waals surface area contributed by atoms with Gasteiger partial charge in [-0.3, -0.25) is 0 Å². The molecule has 17 heavy (non-hydrogen) atoms. The summed E-state index contributed by atoms with van der Waals surface area (Å²) in [6.45, 7) is 4.50. The van der Waals surface area contributed by atoms with Gasteiger partial charge in [-0.2, -0.15) is 0 Å². The molecule has 0 spiro atoms. The molecule has 0 aliphatic rings. The molecule has 98 valence electrons. The minimum Gasteiger partial charge on any atom is -0.0882 e. The van der Waals surface area contributed by atoms with Gasteiger partial charge >= 0.3 is 0 Å². The molecule has 0 radical (unpaired) electrons. The van der Waals surface area contributed by atoms with E-state index in [0.29, 0.717) is 0 Å². The second-order valence-electron chi connectivity index (χ2n) is 4.55. The van der Waals surface area contributed by atoms with Crippen molar-refractivity contribution in [3.63, 3.8) is 0 Å². The van der Waals surface area contributed by atoms with Gasteiger partial charge in [-0.25, -0.2) is 0 Å². The zero-order valence-electron chi connectivity index (χ0n) is 11.8. The van der Waals surface area contributed by atoms with Gasteiger partial charge in [0.25, 0.3) is 0 Å². The highest BCUT2D eigenvalue weighted by Gasteiger charge is 1.81. The summed E-state index contributed by atoms with van der Waals surface area (Å²) < 4.78 is 0. The summed E-state index contributed by atoms with van der Waals surface area (Å²) in [4.78, 5) is 0. The molecular weight excluding hydrogens is 204 g/mol. The van der Waals surface area contributed by atoms with E-state index in [-0.39, 0.29) is 0 Å². The lowest BCUT2D eigenvalue weighted by Gasteiger charge is -1.90. The van der Waals surface area contributed by atoms with Gasteiger partial charge in [0.15, 0.2) is 0 Å². The fourth-order valence-corrected chi connectivity index (χ4v) is 1.65. The highest BCUT2D eigenvalue weighted by Crippen LogP contribution is 2.01. The molecule has 0 bridgehead atoms. The maximum atomic E-state index is 2.31. The number of hydrogen-bond donors (Lipinski definition) is 0. The normalized spacial score (nSPS) is 12.4. The zero-order valence-corrected chi connectivity index (χ0v) is 11.8. The summed E-state index contributed by atoms with van der Waals surface area (Å²) in [7, 11) is 0. The topological polar surface area (TPSA) is 0 Å². The molecule has 0 aliphatic heterocycles. The second kappa shape index (κ2) is 15.2. The van der Waals surface area contributed by atoms with Gasteiger partial charge in [-0.1, -0.05) is 76.0 Å². The molecule has 0 aromatic heterocycles. The van der Waals surface area contributed by atoms with Crippen LogP contribution >= 0.6 is 0 Å². The summed E-state index contributed by atoms with van der Waals surface area (Å²) in [6, 6.07) is 0. The van der Waals surface area contributed by atoms with E-state index in [2.05, 4.69) is 50.3 Å². The summed E-state index contributed by atoms with van der Waals surface area (Å²) >= 11 is 0. The van der Waals surface area contributed by atoms with Crippen molar-refractivity contribution in [2.75, 3.05) is 0 Å². The largest absolute Gasteiger partial charge is 0.0882 e. The van der Waals surface area contributed by atoms with Gasteiger partial charge in [-0.05, 0) is 32.1 Å². The van der Waals surface area contributed by atoms with Crippen LogP contribution in [0.5, 0.6) is 0 Å². The van der Waals surface area contributed by atoms with Gasteiger partial charge < -0.3 is 0 Å². The van der Waals surface area contributed by atoms with Crippen LogP contribution in [0, 0.1) is 0 Å². The Morgan fingerprint density at radius 3 is 1.82 bits per heavy atom. The van der Waals surface area contributed by atoms with Crippen molar-refractivity contribution in [2.45, 2.75) is 71.6 Å². The number of hydrogen-bond acceptors (Lipinski definition) is 0. The Kier molecular flexibility index (Phi) is 14.5. The van der Waals surface area contributed by atoms with E-state index in [1.165, 1.54) is 51.4 Å². The number of rotatable bonds is 11. The van der Waals surface area contributed by atoms with Crippen LogP contribution in [-0.4, -0.2) is 0 Å². The monoisotopic (exact) mass is 234 g/mol. The van der Waals surface area contributed by atoms with Crippen molar-refractivity contribution in [3.8, 4) is 0 Å². The van der Waals surface area contributed by atoms with Crippen LogP contribution in [0.2, 0.25) is 0 Å². The first-order chi connectivity index (χ1) is 8.41. The number of allylic oxidation sites excluding steroid dienone is 6. The highest BCUT2D eigenvalue weighted by molar-refractivity contribution is 5.04. The van der Waals surface area contributed by atoms with Crippen molar-refractivity contribution >= 4 is 0 Å². The standard InChI is InChI=1S/C17H30/c1-3-5-7-9-11-13-15-17-16-14-12-10-8-6-4-2/h11-15,17H,3-10,16H2,1-2H3/b13-11+,14-12-,17-15-. The lowest BCUT2D eigenvalue weighted by Crippen LogP contribution is -1.70. The molecule has 0 heterocycles. The first kappa shape index (κ1) is 16.2. The van der Waals surface area contributed by atoms with E-state index in [1.54, 1.807) is 0 Å². The molecule has 0 nitrogen and oxygen atoms in total. The Morgan fingerprint density at radius 1 is 0.588 bits per heavy atom. The molecule has 0 amide bonds. The van der Waals surface area contributed by atoms with Gasteiger partial charge in [0.05, 0.1) is 0 Å². The Morgan fingerprint density at radius 2 is 1.18 bits per heavy atom. The van der Waals surface area contributed by atoms with Crippen molar-refractivity contribution in [2.24, 2.45) is 0 Å². The molecule has 0 saturated heterocycles. The molecule has 0 N–H and O–H groups in total. The average molecular weight is 234 g/mol. The van der Waals surface area contributed by atoms with Crippen LogP contribution in [0.25, 0.3) is 0 Å². The Hall–Kier alpha value is -0.780. The highest BCUT2D eigenvalue weighted by atomic mass is 13.9. The van der Waals surface area contributed by atoms with Crippen LogP contribution in [0.4, 0.5) is 0 Å². The van der Waals surface area contributed by atoms with Crippen LogP contribution in [-0.2, 0) is 0 Å². The third kappa shape index (κ3) is 15.2. The van der Waals surface area contributed by atoms with E-state index in [1.807, 2.05) is 0 Å². The zero-order chi connectivity index (χ0) is 12.6. The predicted molar refractivity (Wildman–Crippen MR) is 80.3 cm³/mol. The number of unbranched alkanes of at least 4 members (excludes halogenated alkanes) is 6. The second-order valence-corrected chi connectivity index (χ2v) is 4.55. The maximum absolute atomic E-state index is 2.31. The van der Waals surface area contributed by atoms with Crippen molar-refractivity contribution in [1.82, 2.24) is 0 Å². The Balaban J connectivity index is 3.29. The average Bonchev–Trinajstić information content (AvgIpc) is 2.35. The van der Waals surface area contributed by atoms with Gasteiger partial charge in [0, 0.05) is 0 Å². The third-order valence-electron chi connectivity index (χ3n) is 2.77. The van der Waals surface area contributed by atoms with Gasteiger partial charge in [-0.15, -0.1) is 0 Å². The lowest BCUT2D eigenvalue weighted by molar-refractivity contribution is 0.728. The lowest BCUT2D eigenvalue weighted by atomic mass is 10.2. The predicted octanol–water partition coefficient (Wildman–Crippen LogP) is 6.21. The molecule has 0 aliphatic carbocycles. The fourth-order valence-electron chi connectivity index (χ4n) is 1.65. The molecule has 0 unspecified atom stereocenters. The first-order valence-corrected chi connectivity index (χ1v) is 7.38. The van der Waals surface area contributed by atoms with Crippen LogP contribution in [0.15, 0.2) is 36.5 Å². The molecule has 0 fully saturated rings. The van der Waals surface area contributed by atoms with Crippen molar-refractivity contribution < 1.29 is 0 Å². The summed E-state index contributed by atoms with van der Waals surface area (Å²) in [5, 5.41) is 0. The Labute approximate surface area is 109 Å². The maximum Gasteiger partial charge on any atom is -0.0166 e. The van der Waals surface area contributed by atoms with Crippen molar-refractivity contribution in [3.05, 3.63) is 36.5 Å². The van der Waals surface area contributed by atoms with Gasteiger partial charge in [0.1, 0.15) is 0 Å². The molecule has 0 rings (SSSR count). The van der Waals surface area contributed by atoms with E-state index >= 15 is 0 Å². The molecule has 0 saturated carbocycles. The molecule has 0 heteroatoms. The summed E-state index contributed by atoms with van der Waals surface area (Å²) in [5.41, 5.74) is 0. The van der Waals surface area contributed by atoms with Crippen LogP contribution in [0.1, 0.15) is 71.6 Å². The SMILES string of the molecule is CCCCC/C=C\C/C=C\C=C\CCCCC. The minimum atomic E-state index is 1.07. The van der Waals surface area contributed by atoms with E-state index in [4.69, 9.17) is 0 Å². The summed E-state index contributed by atoms with van der Waals surface area (Å²) in [5.74, 6) is 0. The van der Waals surface area contributed by atoms with E-state index in [9.17, 15) is 0 Å². The van der Waals surface area contributed by atoms with Crippen molar-refractivity contribution in [1.29, 1.82) is 0 Å². The smallest absolute Gasteiger partial charge is 0.0166 e. The van der Waals surface area contributed by atoms with E-state index in [0.717, 1.165) is 6.42 Å². The fraction of sp³-hybridized carbons (Fsp3) is 0.647. The Bertz CT molecular complexity index is 208. The van der Waals surface area contributed by atoms with Gasteiger partial charge in [0.2, 0.25) is 0 Å². The molecule has 0 aromatic rings. The summed E-state index contributed by atoms with van der Waals surface area (Å²) in [6.07, 6.45) is 25.0. The van der Waals surface area contributed by atoms with Crippen LogP contribution < -0.4 is 0 Å². The first-order valence-electron chi connectivity index (χ1n) is 7.38. The molecule has 0 aromatic carbocycles. The van der Waals surface area contributed by atoms with Crippen LogP contribution in [0.3, 0.4) is 0 Å². The minimum absolute atomic E-state index is 1.07. The third-order valence-corrected chi connectivity index (χ3v) is 2.77. The molecular formula is C17H30. The molecule has 0 atom stereocenters. The quantitative estimate of drug-likeness (QED) is 0.227. The van der Waals surface area contributed by atoms with E-state index < -0.39 is 0 Å².